The lowest BCUT2D eigenvalue weighted by Gasteiger charge is -2.15. The summed E-state index contributed by atoms with van der Waals surface area (Å²) in [5.74, 6) is 0. The molecule has 0 aliphatic heterocycles. The molecular formula is C13H18N2O2S. The molecule has 0 spiro atoms. The van der Waals surface area contributed by atoms with E-state index in [4.69, 9.17) is 5.26 Å². The van der Waals surface area contributed by atoms with E-state index in [1.807, 2.05) is 26.0 Å². The molecule has 0 radical (unpaired) electrons. The van der Waals surface area contributed by atoms with Crippen molar-refractivity contribution < 1.29 is 8.42 Å². The molecule has 5 heteroatoms. The van der Waals surface area contributed by atoms with Crippen LogP contribution in [0.5, 0.6) is 0 Å². The highest BCUT2D eigenvalue weighted by molar-refractivity contribution is 7.89. The van der Waals surface area contributed by atoms with Crippen molar-refractivity contribution >= 4 is 10.0 Å². The van der Waals surface area contributed by atoms with Crippen LogP contribution in [0.25, 0.3) is 0 Å². The van der Waals surface area contributed by atoms with Gasteiger partial charge in [-0.05, 0) is 37.5 Å². The summed E-state index contributed by atoms with van der Waals surface area (Å²) in [7, 11) is -3.55. The fourth-order valence-corrected chi connectivity index (χ4v) is 3.31. The van der Waals surface area contributed by atoms with Gasteiger partial charge in [-0.2, -0.15) is 5.26 Å². The van der Waals surface area contributed by atoms with Gasteiger partial charge in [0.15, 0.2) is 0 Å². The van der Waals surface area contributed by atoms with E-state index in [0.29, 0.717) is 16.9 Å². The van der Waals surface area contributed by atoms with Gasteiger partial charge in [-0.15, -0.1) is 0 Å². The third-order valence-corrected chi connectivity index (χ3v) is 4.45. The van der Waals surface area contributed by atoms with Gasteiger partial charge in [0.05, 0.1) is 17.4 Å². The van der Waals surface area contributed by atoms with Gasteiger partial charge in [0.1, 0.15) is 0 Å². The number of rotatable bonds is 5. The molecule has 1 aromatic rings. The smallest absolute Gasteiger partial charge is 0.207 e. The molecule has 0 bridgehead atoms. The van der Waals surface area contributed by atoms with E-state index in [2.05, 4.69) is 4.72 Å². The summed E-state index contributed by atoms with van der Waals surface area (Å²) in [6.45, 7) is 5.47. The number of nitrogens with one attached hydrogen (secondary N) is 1. The molecule has 1 atom stereocenters. The van der Waals surface area contributed by atoms with E-state index in [0.717, 1.165) is 5.56 Å². The van der Waals surface area contributed by atoms with Crippen molar-refractivity contribution in [2.24, 2.45) is 0 Å². The Morgan fingerprint density at radius 2 is 2.06 bits per heavy atom. The maximum Gasteiger partial charge on any atom is 0.241 e. The van der Waals surface area contributed by atoms with Gasteiger partial charge in [-0.25, -0.2) is 13.1 Å². The highest BCUT2D eigenvalue weighted by Crippen LogP contribution is 2.17. The molecular weight excluding hydrogens is 248 g/mol. The minimum Gasteiger partial charge on any atom is -0.207 e. The van der Waals surface area contributed by atoms with Crippen LogP contribution in [0, 0.1) is 25.2 Å². The molecule has 1 unspecified atom stereocenters. The molecule has 98 valence electrons. The van der Waals surface area contributed by atoms with Gasteiger partial charge in [0.2, 0.25) is 10.0 Å². The maximum atomic E-state index is 12.2. The number of benzene rings is 1. The minimum atomic E-state index is -3.55. The third-order valence-electron chi connectivity index (χ3n) is 2.79. The number of nitriles is 1. The fourth-order valence-electron chi connectivity index (χ4n) is 1.66. The van der Waals surface area contributed by atoms with Gasteiger partial charge in [0.25, 0.3) is 0 Å². The Balaban J connectivity index is 3.06. The number of aryl methyl sites for hydroxylation is 2. The zero-order valence-electron chi connectivity index (χ0n) is 10.9. The summed E-state index contributed by atoms with van der Waals surface area (Å²) in [5, 5.41) is 8.65. The summed E-state index contributed by atoms with van der Waals surface area (Å²) in [6, 6.07) is 6.97. The average Bonchev–Trinajstić information content (AvgIpc) is 2.31. The van der Waals surface area contributed by atoms with Crippen molar-refractivity contribution in [1.29, 1.82) is 5.26 Å². The number of hydrogen-bond acceptors (Lipinski definition) is 3. The monoisotopic (exact) mass is 266 g/mol. The Labute approximate surface area is 109 Å². The van der Waals surface area contributed by atoms with Crippen molar-refractivity contribution in [3.63, 3.8) is 0 Å². The first-order valence-electron chi connectivity index (χ1n) is 5.87. The Bertz CT molecular complexity index is 559. The molecule has 0 saturated carbocycles. The summed E-state index contributed by atoms with van der Waals surface area (Å²) in [4.78, 5) is 0.291. The Kier molecular flexibility index (Phi) is 4.88. The first-order valence-corrected chi connectivity index (χ1v) is 7.35. The molecule has 0 aliphatic carbocycles. The Morgan fingerprint density at radius 3 is 2.61 bits per heavy atom. The van der Waals surface area contributed by atoms with E-state index in [9.17, 15) is 8.42 Å². The summed E-state index contributed by atoms with van der Waals surface area (Å²) >= 11 is 0. The van der Waals surface area contributed by atoms with Crippen LogP contribution in [0.15, 0.2) is 23.1 Å². The standard InChI is InChI=1S/C13H18N2O2S/c1-4-12(7-8-14)15-18(16,17)13-9-10(2)5-6-11(13)3/h5-6,9,12,15H,4,7H2,1-3H3. The number of sulfonamides is 1. The summed E-state index contributed by atoms with van der Waals surface area (Å²) < 4.78 is 27.0. The summed E-state index contributed by atoms with van der Waals surface area (Å²) in [6.07, 6.45) is 0.776. The van der Waals surface area contributed by atoms with E-state index in [-0.39, 0.29) is 12.5 Å². The van der Waals surface area contributed by atoms with Crippen LogP contribution in [0.4, 0.5) is 0 Å². The lowest BCUT2D eigenvalue weighted by Crippen LogP contribution is -2.34. The topological polar surface area (TPSA) is 70.0 Å². The van der Waals surface area contributed by atoms with Gasteiger partial charge < -0.3 is 0 Å². The van der Waals surface area contributed by atoms with Crippen LogP contribution >= 0.6 is 0 Å². The largest absolute Gasteiger partial charge is 0.241 e. The first-order chi connectivity index (χ1) is 8.40. The lowest BCUT2D eigenvalue weighted by molar-refractivity contribution is 0.542. The van der Waals surface area contributed by atoms with Crippen molar-refractivity contribution in [3.05, 3.63) is 29.3 Å². The quantitative estimate of drug-likeness (QED) is 0.888. The van der Waals surface area contributed by atoms with Crippen LogP contribution in [-0.2, 0) is 10.0 Å². The molecule has 0 aliphatic rings. The Morgan fingerprint density at radius 1 is 1.39 bits per heavy atom. The van der Waals surface area contributed by atoms with E-state index >= 15 is 0 Å². The van der Waals surface area contributed by atoms with Crippen LogP contribution in [-0.4, -0.2) is 14.5 Å². The second-order valence-corrected chi connectivity index (χ2v) is 6.04. The maximum absolute atomic E-state index is 12.2. The van der Waals surface area contributed by atoms with Crippen molar-refractivity contribution in [2.75, 3.05) is 0 Å². The fraction of sp³-hybridized carbons (Fsp3) is 0.462. The molecule has 0 heterocycles. The van der Waals surface area contributed by atoms with Crippen molar-refractivity contribution in [2.45, 2.75) is 44.6 Å². The predicted molar refractivity (Wildman–Crippen MR) is 70.5 cm³/mol. The van der Waals surface area contributed by atoms with Gasteiger partial charge in [0, 0.05) is 6.04 Å². The van der Waals surface area contributed by atoms with E-state index in [1.165, 1.54) is 0 Å². The highest BCUT2D eigenvalue weighted by Gasteiger charge is 2.20. The second-order valence-electron chi connectivity index (χ2n) is 4.36. The number of hydrogen-bond donors (Lipinski definition) is 1. The predicted octanol–water partition coefficient (Wildman–Crippen LogP) is 2.27. The number of nitrogens with zero attached hydrogens (tertiary/aromatic N) is 1. The van der Waals surface area contributed by atoms with Gasteiger partial charge >= 0.3 is 0 Å². The zero-order chi connectivity index (χ0) is 13.8. The van der Waals surface area contributed by atoms with Gasteiger partial charge in [-0.3, -0.25) is 0 Å². The van der Waals surface area contributed by atoms with Crippen LogP contribution < -0.4 is 4.72 Å². The molecule has 18 heavy (non-hydrogen) atoms. The molecule has 1 rings (SSSR count). The average molecular weight is 266 g/mol. The van der Waals surface area contributed by atoms with Gasteiger partial charge in [-0.1, -0.05) is 19.1 Å². The second kappa shape index (κ2) is 5.98. The normalized spacial score (nSPS) is 13.0. The van der Waals surface area contributed by atoms with Crippen LogP contribution in [0.2, 0.25) is 0 Å². The summed E-state index contributed by atoms with van der Waals surface area (Å²) in [5.41, 5.74) is 1.61. The SMILES string of the molecule is CCC(CC#N)NS(=O)(=O)c1cc(C)ccc1C. The molecule has 0 amide bonds. The third kappa shape index (κ3) is 3.56. The minimum absolute atomic E-state index is 0.181. The van der Waals surface area contributed by atoms with Crippen molar-refractivity contribution in [3.8, 4) is 6.07 Å². The first kappa shape index (κ1) is 14.7. The zero-order valence-corrected chi connectivity index (χ0v) is 11.7. The molecule has 1 aromatic carbocycles. The molecule has 4 nitrogen and oxygen atoms in total. The van der Waals surface area contributed by atoms with E-state index in [1.54, 1.807) is 19.1 Å². The molecule has 0 saturated heterocycles. The molecule has 1 N–H and O–H groups in total. The van der Waals surface area contributed by atoms with Crippen LogP contribution in [0.1, 0.15) is 30.9 Å². The van der Waals surface area contributed by atoms with Crippen LogP contribution in [0.3, 0.4) is 0 Å². The van der Waals surface area contributed by atoms with E-state index < -0.39 is 10.0 Å². The molecule has 0 aromatic heterocycles. The Hall–Kier alpha value is -1.38. The highest BCUT2D eigenvalue weighted by atomic mass is 32.2. The molecule has 0 fully saturated rings. The lowest BCUT2D eigenvalue weighted by atomic mass is 10.2. The van der Waals surface area contributed by atoms with Crippen molar-refractivity contribution in [1.82, 2.24) is 4.72 Å².